The van der Waals surface area contributed by atoms with Crippen LogP contribution in [-0.2, 0) is 11.0 Å². The second-order valence-electron chi connectivity index (χ2n) is 7.95. The number of halogens is 3. The van der Waals surface area contributed by atoms with Crippen molar-refractivity contribution in [2.24, 2.45) is 11.8 Å². The molecule has 2 aliphatic rings. The number of hydrogen-bond donors (Lipinski definition) is 0. The van der Waals surface area contributed by atoms with Crippen LogP contribution in [0.4, 0.5) is 18.3 Å². The van der Waals surface area contributed by atoms with E-state index in [1.807, 2.05) is 4.90 Å². The molecule has 2 aliphatic heterocycles. The van der Waals surface area contributed by atoms with Crippen LogP contribution in [-0.4, -0.2) is 42.0 Å². The van der Waals surface area contributed by atoms with Crippen molar-refractivity contribution in [1.29, 1.82) is 0 Å². The van der Waals surface area contributed by atoms with Crippen LogP contribution < -0.4 is 4.90 Å². The van der Waals surface area contributed by atoms with Gasteiger partial charge in [-0.2, -0.15) is 13.2 Å². The monoisotopic (exact) mass is 411 g/mol. The summed E-state index contributed by atoms with van der Waals surface area (Å²) in [6.07, 6.45) is -0.654. The van der Waals surface area contributed by atoms with Crippen LogP contribution in [0.2, 0.25) is 0 Å². The third kappa shape index (κ3) is 3.97. The number of rotatable bonds is 2. The van der Waals surface area contributed by atoms with Gasteiger partial charge in [-0.3, -0.25) is 4.79 Å². The van der Waals surface area contributed by atoms with Gasteiger partial charge in [0.2, 0.25) is 5.91 Å². The van der Waals surface area contributed by atoms with E-state index >= 15 is 0 Å². The largest absolute Gasteiger partial charge is 0.416 e. The summed E-state index contributed by atoms with van der Waals surface area (Å²) in [7, 11) is 0. The van der Waals surface area contributed by atoms with Crippen LogP contribution in [0.15, 0.2) is 18.2 Å². The first-order valence-electron chi connectivity index (χ1n) is 9.83. The molecule has 0 radical (unpaired) electrons. The highest BCUT2D eigenvalue weighted by Gasteiger charge is 2.32. The molecule has 8 heteroatoms. The number of piperidine rings is 2. The lowest BCUT2D eigenvalue weighted by Gasteiger charge is -2.36. The molecule has 4 nitrogen and oxygen atoms in total. The minimum absolute atomic E-state index is 0.0517. The number of aromatic nitrogens is 1. The number of nitrogens with zero attached hydrogens (tertiary/aromatic N) is 3. The zero-order valence-electron chi connectivity index (χ0n) is 15.8. The predicted octanol–water partition coefficient (Wildman–Crippen LogP) is 4.79. The van der Waals surface area contributed by atoms with Crippen LogP contribution in [0.3, 0.4) is 0 Å². The van der Waals surface area contributed by atoms with Crippen molar-refractivity contribution in [3.63, 3.8) is 0 Å². The van der Waals surface area contributed by atoms with E-state index in [0.717, 1.165) is 60.7 Å². The van der Waals surface area contributed by atoms with Crippen molar-refractivity contribution in [3.05, 3.63) is 23.8 Å². The van der Waals surface area contributed by atoms with Crippen molar-refractivity contribution in [2.45, 2.75) is 38.8 Å². The summed E-state index contributed by atoms with van der Waals surface area (Å²) in [5.41, 5.74) is -0.285. The van der Waals surface area contributed by atoms with E-state index in [-0.39, 0.29) is 11.8 Å². The second-order valence-corrected chi connectivity index (χ2v) is 8.95. The van der Waals surface area contributed by atoms with Crippen LogP contribution in [0.5, 0.6) is 0 Å². The van der Waals surface area contributed by atoms with Gasteiger partial charge in [-0.05, 0) is 49.8 Å². The summed E-state index contributed by atoms with van der Waals surface area (Å²) in [5, 5.41) is 0.743. The highest BCUT2D eigenvalue weighted by molar-refractivity contribution is 7.22. The van der Waals surface area contributed by atoms with E-state index in [4.69, 9.17) is 0 Å². The van der Waals surface area contributed by atoms with Gasteiger partial charge < -0.3 is 9.80 Å². The number of alkyl halides is 3. The minimum atomic E-state index is -4.36. The topological polar surface area (TPSA) is 36.4 Å². The Morgan fingerprint density at radius 2 is 1.79 bits per heavy atom. The molecule has 1 aromatic heterocycles. The molecule has 1 aromatic carbocycles. The number of anilines is 1. The number of carbonyl (C=O) groups excluding carboxylic acids is 1. The fraction of sp³-hybridized carbons (Fsp3) is 0.600. The van der Waals surface area contributed by atoms with Gasteiger partial charge in [0.15, 0.2) is 5.13 Å². The number of hydrogen-bond acceptors (Lipinski definition) is 4. The van der Waals surface area contributed by atoms with Crippen molar-refractivity contribution < 1.29 is 18.0 Å². The zero-order valence-corrected chi connectivity index (χ0v) is 16.7. The van der Waals surface area contributed by atoms with E-state index in [0.29, 0.717) is 24.5 Å². The molecule has 2 fully saturated rings. The highest BCUT2D eigenvalue weighted by Crippen LogP contribution is 2.36. The normalized spacial score (nSPS) is 20.1. The lowest BCUT2D eigenvalue weighted by atomic mass is 9.93. The molecular weight excluding hydrogens is 387 g/mol. The molecular formula is C20H24F3N3OS. The molecule has 0 aliphatic carbocycles. The zero-order chi connectivity index (χ0) is 19.9. The molecule has 1 amide bonds. The Kier molecular flexibility index (Phi) is 5.24. The molecule has 3 heterocycles. The number of thiazole rings is 1. The van der Waals surface area contributed by atoms with Gasteiger partial charge in [-0.15, -0.1) is 0 Å². The van der Waals surface area contributed by atoms with Crippen LogP contribution >= 0.6 is 11.3 Å². The van der Waals surface area contributed by atoms with Gasteiger partial charge in [-0.25, -0.2) is 4.98 Å². The molecule has 0 saturated carbocycles. The SMILES string of the molecule is CC1CCN(C(=O)C2CCN(c3nc4cc(C(F)(F)F)ccc4s3)CC2)CC1. The summed E-state index contributed by atoms with van der Waals surface area (Å²) in [6.45, 7) is 5.38. The maximum Gasteiger partial charge on any atom is 0.416 e. The van der Waals surface area contributed by atoms with Gasteiger partial charge in [0.05, 0.1) is 15.8 Å². The third-order valence-corrected chi connectivity index (χ3v) is 7.01. The van der Waals surface area contributed by atoms with E-state index in [1.54, 1.807) is 0 Å². The molecule has 2 aromatic rings. The fourth-order valence-corrected chi connectivity index (χ4v) is 5.03. The average molecular weight is 411 g/mol. The van der Waals surface area contributed by atoms with Gasteiger partial charge in [0.1, 0.15) is 0 Å². The van der Waals surface area contributed by atoms with Crippen molar-refractivity contribution in [1.82, 2.24) is 9.88 Å². The molecule has 2 saturated heterocycles. The van der Waals surface area contributed by atoms with E-state index in [9.17, 15) is 18.0 Å². The molecule has 0 bridgehead atoms. The molecule has 4 rings (SSSR count). The summed E-state index contributed by atoms with van der Waals surface area (Å²) < 4.78 is 39.5. The second kappa shape index (κ2) is 7.54. The van der Waals surface area contributed by atoms with Gasteiger partial charge in [0.25, 0.3) is 0 Å². The standard InChI is InChI=1S/C20H24F3N3OS/c1-13-4-8-25(9-5-13)18(27)14-6-10-26(11-7-14)19-24-16-12-15(20(21,22)23)2-3-17(16)28-19/h2-3,12-14H,4-11H2,1H3. The smallest absolute Gasteiger partial charge is 0.348 e. The summed E-state index contributed by atoms with van der Waals surface area (Å²) in [5.74, 6) is 1.02. The fourth-order valence-electron chi connectivity index (χ4n) is 4.03. The third-order valence-electron chi connectivity index (χ3n) is 5.91. The first-order valence-corrected chi connectivity index (χ1v) is 10.6. The van der Waals surface area contributed by atoms with Gasteiger partial charge in [-0.1, -0.05) is 18.3 Å². The highest BCUT2D eigenvalue weighted by atomic mass is 32.1. The van der Waals surface area contributed by atoms with Crippen molar-refractivity contribution >= 4 is 32.6 Å². The Morgan fingerprint density at radius 1 is 1.11 bits per heavy atom. The quantitative estimate of drug-likeness (QED) is 0.713. The predicted molar refractivity (Wildman–Crippen MR) is 105 cm³/mol. The van der Waals surface area contributed by atoms with Gasteiger partial charge >= 0.3 is 6.18 Å². The molecule has 0 atom stereocenters. The van der Waals surface area contributed by atoms with E-state index < -0.39 is 11.7 Å². The number of amides is 1. The first kappa shape index (κ1) is 19.5. The maximum absolute atomic E-state index is 12.9. The van der Waals surface area contributed by atoms with Crippen molar-refractivity contribution in [2.75, 3.05) is 31.1 Å². The van der Waals surface area contributed by atoms with Gasteiger partial charge in [0, 0.05) is 32.1 Å². The Balaban J connectivity index is 1.40. The van der Waals surface area contributed by atoms with Crippen LogP contribution in [0, 0.1) is 11.8 Å². The lowest BCUT2D eigenvalue weighted by Crippen LogP contribution is -2.45. The number of likely N-dealkylation sites (tertiary alicyclic amines) is 1. The molecule has 0 N–H and O–H groups in total. The molecule has 0 unspecified atom stereocenters. The van der Waals surface area contributed by atoms with Crippen LogP contribution in [0.1, 0.15) is 38.2 Å². The first-order chi connectivity index (χ1) is 13.3. The average Bonchev–Trinajstić information content (AvgIpc) is 3.11. The van der Waals surface area contributed by atoms with Crippen molar-refractivity contribution in [3.8, 4) is 0 Å². The molecule has 28 heavy (non-hydrogen) atoms. The Labute approximate surface area is 166 Å². The summed E-state index contributed by atoms with van der Waals surface area (Å²) >= 11 is 1.41. The molecule has 152 valence electrons. The van der Waals surface area contributed by atoms with E-state index in [1.165, 1.54) is 17.4 Å². The Morgan fingerprint density at radius 3 is 2.43 bits per heavy atom. The lowest BCUT2D eigenvalue weighted by molar-refractivity contribution is -0.138. The Bertz CT molecular complexity index is 850. The van der Waals surface area contributed by atoms with E-state index in [2.05, 4.69) is 16.8 Å². The molecule has 0 spiro atoms. The minimum Gasteiger partial charge on any atom is -0.348 e. The number of carbonyl (C=O) groups is 1. The maximum atomic E-state index is 12.9. The van der Waals surface area contributed by atoms with Crippen LogP contribution in [0.25, 0.3) is 10.2 Å². The summed E-state index contributed by atoms with van der Waals surface area (Å²) in [6, 6.07) is 3.71. The number of benzene rings is 1. The number of fused-ring (bicyclic) bond motifs is 1. The Hall–Kier alpha value is -1.83. The summed E-state index contributed by atoms with van der Waals surface area (Å²) in [4.78, 5) is 21.3.